The maximum Gasteiger partial charge on any atom is 0.0542 e. The predicted molar refractivity (Wildman–Crippen MR) is 262 cm³/mol. The number of fused-ring (bicyclic) bond motifs is 4. The predicted octanol–water partition coefficient (Wildman–Crippen LogP) is 16.3. The SMILES string of the molecule is c1ccc(N(c2ccccc2)c2cccc(N(c3cccc(N(c4ccccc4)c4ccc5ccccc5c4)c3)c3ccc4c(c3)c3ccccc3n4-c3ccccc3)c2)cc1. The molecule has 294 valence electrons. The lowest BCUT2D eigenvalue weighted by Gasteiger charge is -2.31. The van der Waals surface area contributed by atoms with E-state index in [1.165, 1.54) is 27.1 Å². The average Bonchev–Trinajstić information content (AvgIpc) is 3.67. The van der Waals surface area contributed by atoms with Crippen molar-refractivity contribution < 1.29 is 0 Å². The molecule has 0 saturated carbocycles. The second-order valence-electron chi connectivity index (χ2n) is 15.5. The summed E-state index contributed by atoms with van der Waals surface area (Å²) in [5, 5.41) is 4.82. The molecule has 11 rings (SSSR count). The monoisotopic (exact) mass is 794 g/mol. The van der Waals surface area contributed by atoms with E-state index in [1.807, 2.05) is 0 Å². The maximum atomic E-state index is 2.40. The van der Waals surface area contributed by atoms with E-state index >= 15 is 0 Å². The largest absolute Gasteiger partial charge is 0.310 e. The summed E-state index contributed by atoms with van der Waals surface area (Å²) in [6.45, 7) is 0. The first-order valence-corrected chi connectivity index (χ1v) is 21.1. The highest BCUT2D eigenvalue weighted by Gasteiger charge is 2.21. The average molecular weight is 795 g/mol. The topological polar surface area (TPSA) is 14.7 Å². The molecule has 0 fully saturated rings. The number of para-hydroxylation sites is 5. The highest BCUT2D eigenvalue weighted by atomic mass is 15.2. The van der Waals surface area contributed by atoms with Crippen molar-refractivity contribution in [2.75, 3.05) is 14.7 Å². The van der Waals surface area contributed by atoms with Gasteiger partial charge in [0.05, 0.1) is 11.0 Å². The van der Waals surface area contributed by atoms with E-state index in [4.69, 9.17) is 0 Å². The molecular weight excluding hydrogens is 753 g/mol. The zero-order valence-electron chi connectivity index (χ0n) is 34.0. The molecule has 62 heavy (non-hydrogen) atoms. The minimum atomic E-state index is 1.04. The van der Waals surface area contributed by atoms with Gasteiger partial charge >= 0.3 is 0 Å². The van der Waals surface area contributed by atoms with E-state index in [1.54, 1.807) is 0 Å². The summed E-state index contributed by atoms with van der Waals surface area (Å²) in [4.78, 5) is 7.08. The number of benzene rings is 10. The van der Waals surface area contributed by atoms with Crippen LogP contribution in [0.3, 0.4) is 0 Å². The van der Waals surface area contributed by atoms with Gasteiger partial charge in [0.2, 0.25) is 0 Å². The van der Waals surface area contributed by atoms with Crippen molar-refractivity contribution in [3.05, 3.63) is 255 Å². The van der Waals surface area contributed by atoms with Gasteiger partial charge in [-0.2, -0.15) is 0 Å². The van der Waals surface area contributed by atoms with E-state index in [0.717, 1.165) is 62.4 Å². The van der Waals surface area contributed by atoms with Crippen LogP contribution < -0.4 is 14.7 Å². The van der Waals surface area contributed by atoms with E-state index in [2.05, 4.69) is 274 Å². The number of aromatic nitrogens is 1. The van der Waals surface area contributed by atoms with E-state index in [-0.39, 0.29) is 0 Å². The number of hydrogen-bond acceptors (Lipinski definition) is 3. The Balaban J connectivity index is 1.12. The highest BCUT2D eigenvalue weighted by Crippen LogP contribution is 2.45. The molecule has 11 aromatic rings. The van der Waals surface area contributed by atoms with Crippen LogP contribution in [-0.4, -0.2) is 4.57 Å². The lowest BCUT2D eigenvalue weighted by atomic mass is 10.1. The van der Waals surface area contributed by atoms with Crippen LogP contribution in [0.4, 0.5) is 51.2 Å². The highest BCUT2D eigenvalue weighted by molar-refractivity contribution is 6.10. The summed E-state index contributed by atoms with van der Waals surface area (Å²) < 4.78 is 2.37. The van der Waals surface area contributed by atoms with Crippen LogP contribution in [0.5, 0.6) is 0 Å². The Kier molecular flexibility index (Phi) is 9.49. The molecule has 0 atom stereocenters. The fourth-order valence-corrected chi connectivity index (χ4v) is 8.89. The third-order valence-electron chi connectivity index (χ3n) is 11.7. The fourth-order valence-electron chi connectivity index (χ4n) is 8.89. The second kappa shape index (κ2) is 16.0. The second-order valence-corrected chi connectivity index (χ2v) is 15.5. The first kappa shape index (κ1) is 36.7. The van der Waals surface area contributed by atoms with Gasteiger partial charge in [0.1, 0.15) is 0 Å². The Morgan fingerprint density at radius 2 is 0.613 bits per heavy atom. The summed E-state index contributed by atoms with van der Waals surface area (Å²) >= 11 is 0. The summed E-state index contributed by atoms with van der Waals surface area (Å²) in [5.74, 6) is 0. The summed E-state index contributed by atoms with van der Waals surface area (Å²) in [7, 11) is 0. The normalized spacial score (nSPS) is 11.2. The zero-order chi connectivity index (χ0) is 41.2. The number of anilines is 9. The molecule has 0 bridgehead atoms. The molecule has 0 amide bonds. The molecule has 10 aromatic carbocycles. The Morgan fingerprint density at radius 1 is 0.226 bits per heavy atom. The van der Waals surface area contributed by atoms with Crippen molar-refractivity contribution in [1.82, 2.24) is 4.57 Å². The molecule has 0 aliphatic heterocycles. The van der Waals surface area contributed by atoms with Gasteiger partial charge in [-0.15, -0.1) is 0 Å². The van der Waals surface area contributed by atoms with Crippen molar-refractivity contribution in [2.45, 2.75) is 0 Å². The van der Waals surface area contributed by atoms with Gasteiger partial charge in [0.15, 0.2) is 0 Å². The van der Waals surface area contributed by atoms with Crippen molar-refractivity contribution in [3.8, 4) is 5.69 Å². The molecule has 0 aliphatic carbocycles. The molecule has 0 saturated heterocycles. The van der Waals surface area contributed by atoms with Gasteiger partial charge in [-0.1, -0.05) is 133 Å². The van der Waals surface area contributed by atoms with Gasteiger partial charge in [-0.05, 0) is 132 Å². The minimum Gasteiger partial charge on any atom is -0.310 e. The summed E-state index contributed by atoms with van der Waals surface area (Å²) in [6, 6.07) is 91.3. The number of rotatable bonds is 10. The summed E-state index contributed by atoms with van der Waals surface area (Å²) in [5.41, 5.74) is 13.1. The standard InChI is InChI=1S/C58H42N4/c1-5-21-45(22-6-1)59(46-23-7-2-8-24-46)49-29-17-31-51(40-49)61(54-37-38-58-56(42-54)55-33-15-16-34-57(55)62(58)48-27-11-4-12-28-48)52-32-18-30-50(41-52)60(47-25-9-3-10-26-47)53-36-35-43-19-13-14-20-44(43)39-53/h1-42H. The summed E-state index contributed by atoms with van der Waals surface area (Å²) in [6.07, 6.45) is 0. The van der Waals surface area contributed by atoms with Gasteiger partial charge < -0.3 is 19.3 Å². The van der Waals surface area contributed by atoms with E-state index in [0.29, 0.717) is 0 Å². The molecule has 4 heteroatoms. The fraction of sp³-hybridized carbons (Fsp3) is 0. The van der Waals surface area contributed by atoms with Crippen molar-refractivity contribution >= 4 is 83.8 Å². The van der Waals surface area contributed by atoms with Crippen LogP contribution in [0, 0.1) is 0 Å². The molecule has 0 radical (unpaired) electrons. The maximum absolute atomic E-state index is 2.40. The van der Waals surface area contributed by atoms with Crippen molar-refractivity contribution in [2.24, 2.45) is 0 Å². The molecule has 0 N–H and O–H groups in total. The Labute approximate surface area is 362 Å². The van der Waals surface area contributed by atoms with Crippen LogP contribution in [0.2, 0.25) is 0 Å². The smallest absolute Gasteiger partial charge is 0.0542 e. The van der Waals surface area contributed by atoms with Gasteiger partial charge in [0.25, 0.3) is 0 Å². The van der Waals surface area contributed by atoms with Crippen LogP contribution in [0.1, 0.15) is 0 Å². The van der Waals surface area contributed by atoms with Gasteiger partial charge in [-0.25, -0.2) is 0 Å². The van der Waals surface area contributed by atoms with Crippen LogP contribution in [-0.2, 0) is 0 Å². The van der Waals surface area contributed by atoms with Crippen molar-refractivity contribution in [1.29, 1.82) is 0 Å². The van der Waals surface area contributed by atoms with Gasteiger partial charge in [-0.3, -0.25) is 0 Å². The Hall–Kier alpha value is -8.34. The number of nitrogens with zero attached hydrogens (tertiary/aromatic N) is 4. The molecule has 0 spiro atoms. The van der Waals surface area contributed by atoms with Crippen molar-refractivity contribution in [3.63, 3.8) is 0 Å². The van der Waals surface area contributed by atoms with E-state index in [9.17, 15) is 0 Å². The van der Waals surface area contributed by atoms with Crippen LogP contribution >= 0.6 is 0 Å². The van der Waals surface area contributed by atoms with Crippen LogP contribution in [0.15, 0.2) is 255 Å². The zero-order valence-corrected chi connectivity index (χ0v) is 34.0. The lowest BCUT2D eigenvalue weighted by Crippen LogP contribution is -2.14. The minimum absolute atomic E-state index is 1.04. The van der Waals surface area contributed by atoms with Gasteiger partial charge in [0, 0.05) is 67.6 Å². The quantitative estimate of drug-likeness (QED) is 0.137. The Bertz CT molecular complexity index is 3270. The molecular formula is C58H42N4. The third kappa shape index (κ3) is 6.80. The molecule has 0 aliphatic rings. The lowest BCUT2D eigenvalue weighted by molar-refractivity contribution is 1.18. The third-order valence-corrected chi connectivity index (χ3v) is 11.7. The first-order valence-electron chi connectivity index (χ1n) is 21.1. The molecule has 4 nitrogen and oxygen atoms in total. The van der Waals surface area contributed by atoms with Crippen LogP contribution in [0.25, 0.3) is 38.3 Å². The molecule has 1 heterocycles. The molecule has 0 unspecified atom stereocenters. The molecule has 1 aromatic heterocycles. The number of hydrogen-bond donors (Lipinski definition) is 0. The Morgan fingerprint density at radius 3 is 1.19 bits per heavy atom. The first-order chi connectivity index (χ1) is 30.8. The van der Waals surface area contributed by atoms with E-state index < -0.39 is 0 Å².